The first-order valence-electron chi connectivity index (χ1n) is 9.07. The SMILES string of the molecule is CC(C)OC(=O)c1ccc2c(c1)C(=O)N(CCCCC(=O)NS(=O)(=O)C(F)(F)F)C2=O. The summed E-state index contributed by atoms with van der Waals surface area (Å²) in [5.74, 6) is -3.29. The Bertz CT molecular complexity index is 1020. The molecule has 2 rings (SSSR count). The molecular formula is C18H19F3N2O7S. The van der Waals surface area contributed by atoms with Crippen molar-refractivity contribution in [3.05, 3.63) is 34.9 Å². The fourth-order valence-electron chi connectivity index (χ4n) is 2.72. The Morgan fingerprint density at radius 1 is 1.10 bits per heavy atom. The van der Waals surface area contributed by atoms with Crippen molar-refractivity contribution in [1.29, 1.82) is 0 Å². The molecule has 1 aromatic carbocycles. The van der Waals surface area contributed by atoms with Crippen LogP contribution in [0.4, 0.5) is 13.2 Å². The van der Waals surface area contributed by atoms with Crippen LogP contribution in [0.5, 0.6) is 0 Å². The molecule has 0 bridgehead atoms. The van der Waals surface area contributed by atoms with Crippen LogP contribution in [0.25, 0.3) is 0 Å². The number of benzene rings is 1. The van der Waals surface area contributed by atoms with Gasteiger partial charge in [-0.1, -0.05) is 0 Å². The minimum absolute atomic E-state index is 0.0113. The maximum atomic E-state index is 12.5. The highest BCUT2D eigenvalue weighted by Crippen LogP contribution is 2.25. The first-order chi connectivity index (χ1) is 14.2. The van der Waals surface area contributed by atoms with Gasteiger partial charge in [-0.15, -0.1) is 0 Å². The monoisotopic (exact) mass is 464 g/mol. The Hall–Kier alpha value is -2.96. The predicted molar refractivity (Wildman–Crippen MR) is 99.3 cm³/mol. The van der Waals surface area contributed by atoms with Crippen LogP contribution >= 0.6 is 0 Å². The Kier molecular flexibility index (Phi) is 7.09. The summed E-state index contributed by atoms with van der Waals surface area (Å²) in [7, 11) is -5.78. The Balaban J connectivity index is 1.94. The normalized spacial score (nSPS) is 14.1. The van der Waals surface area contributed by atoms with Gasteiger partial charge < -0.3 is 4.74 Å². The molecule has 170 valence electrons. The van der Waals surface area contributed by atoms with E-state index in [4.69, 9.17) is 4.74 Å². The zero-order valence-corrected chi connectivity index (χ0v) is 17.3. The van der Waals surface area contributed by atoms with E-state index in [0.717, 1.165) is 9.62 Å². The summed E-state index contributed by atoms with van der Waals surface area (Å²) in [4.78, 5) is 49.2. The molecule has 0 spiro atoms. The summed E-state index contributed by atoms with van der Waals surface area (Å²) in [6.45, 7) is 3.17. The third kappa shape index (κ3) is 5.60. The number of nitrogens with zero attached hydrogens (tertiary/aromatic N) is 1. The van der Waals surface area contributed by atoms with Gasteiger partial charge in [-0.25, -0.2) is 9.52 Å². The number of carbonyl (C=O) groups is 4. The van der Waals surface area contributed by atoms with Crippen molar-refractivity contribution in [2.45, 2.75) is 44.7 Å². The van der Waals surface area contributed by atoms with Gasteiger partial charge in [-0.2, -0.15) is 21.6 Å². The summed E-state index contributed by atoms with van der Waals surface area (Å²) >= 11 is 0. The third-order valence-electron chi connectivity index (χ3n) is 4.14. The molecule has 0 aromatic heterocycles. The van der Waals surface area contributed by atoms with Gasteiger partial charge in [0.05, 0.1) is 22.8 Å². The van der Waals surface area contributed by atoms with Crippen molar-refractivity contribution in [2.24, 2.45) is 0 Å². The maximum Gasteiger partial charge on any atom is 0.516 e. The van der Waals surface area contributed by atoms with E-state index in [-0.39, 0.29) is 42.2 Å². The van der Waals surface area contributed by atoms with Gasteiger partial charge >= 0.3 is 21.5 Å². The lowest BCUT2D eigenvalue weighted by atomic mass is 10.1. The second-order valence-electron chi connectivity index (χ2n) is 6.91. The number of nitrogens with one attached hydrogen (secondary N) is 1. The molecule has 1 heterocycles. The minimum Gasteiger partial charge on any atom is -0.459 e. The number of carbonyl (C=O) groups excluding carboxylic acids is 4. The smallest absolute Gasteiger partial charge is 0.459 e. The zero-order chi connectivity index (χ0) is 23.6. The summed E-state index contributed by atoms with van der Waals surface area (Å²) in [6, 6.07) is 3.92. The lowest BCUT2D eigenvalue weighted by molar-refractivity contribution is -0.120. The molecule has 0 saturated carbocycles. The molecule has 13 heteroatoms. The van der Waals surface area contributed by atoms with Crippen LogP contribution in [0, 0.1) is 0 Å². The molecule has 31 heavy (non-hydrogen) atoms. The average molecular weight is 464 g/mol. The quantitative estimate of drug-likeness (QED) is 0.354. The Labute approximate surface area is 175 Å². The highest BCUT2D eigenvalue weighted by Gasteiger charge is 2.46. The van der Waals surface area contributed by atoms with Gasteiger partial charge in [0.1, 0.15) is 0 Å². The van der Waals surface area contributed by atoms with E-state index in [0.29, 0.717) is 0 Å². The van der Waals surface area contributed by atoms with Crippen LogP contribution in [0.1, 0.15) is 64.2 Å². The van der Waals surface area contributed by atoms with Gasteiger partial charge in [0.2, 0.25) is 5.91 Å². The molecule has 1 aliphatic rings. The van der Waals surface area contributed by atoms with Crippen LogP contribution in [0.2, 0.25) is 0 Å². The van der Waals surface area contributed by atoms with Crippen LogP contribution in [-0.4, -0.2) is 55.2 Å². The summed E-state index contributed by atoms with van der Waals surface area (Å²) in [5.41, 5.74) is -5.42. The van der Waals surface area contributed by atoms with E-state index in [9.17, 15) is 40.8 Å². The summed E-state index contributed by atoms with van der Waals surface area (Å²) in [6.07, 6.45) is -0.951. The number of rotatable bonds is 8. The number of ether oxygens (including phenoxy) is 1. The highest BCUT2D eigenvalue weighted by atomic mass is 32.2. The van der Waals surface area contributed by atoms with E-state index >= 15 is 0 Å². The molecule has 0 saturated heterocycles. The number of sulfonamides is 1. The Morgan fingerprint density at radius 2 is 1.71 bits per heavy atom. The fraction of sp³-hybridized carbons (Fsp3) is 0.444. The van der Waals surface area contributed by atoms with Crippen LogP contribution in [-0.2, 0) is 19.6 Å². The Morgan fingerprint density at radius 3 is 2.29 bits per heavy atom. The molecular weight excluding hydrogens is 445 g/mol. The van der Waals surface area contributed by atoms with Crippen LogP contribution < -0.4 is 4.72 Å². The number of imide groups is 1. The van der Waals surface area contributed by atoms with E-state index in [1.165, 1.54) is 18.2 Å². The van der Waals surface area contributed by atoms with Gasteiger partial charge in [0, 0.05) is 13.0 Å². The number of amides is 3. The van der Waals surface area contributed by atoms with Crippen molar-refractivity contribution in [1.82, 2.24) is 9.62 Å². The molecule has 9 nitrogen and oxygen atoms in total. The van der Waals surface area contributed by atoms with Crippen molar-refractivity contribution in [3.8, 4) is 0 Å². The van der Waals surface area contributed by atoms with Crippen LogP contribution in [0.3, 0.4) is 0 Å². The standard InChI is InChI=1S/C18H19F3N2O7S/c1-10(2)30-17(27)11-6-7-12-13(9-11)16(26)23(15(12)25)8-4-3-5-14(24)22-31(28,29)18(19,20)21/h6-7,9-10H,3-5,8H2,1-2H3,(H,22,24). The summed E-state index contributed by atoms with van der Waals surface area (Å²) < 4.78 is 64.4. The van der Waals surface area contributed by atoms with Crippen molar-refractivity contribution in [3.63, 3.8) is 0 Å². The largest absolute Gasteiger partial charge is 0.516 e. The lowest BCUT2D eigenvalue weighted by Crippen LogP contribution is -2.40. The number of hydrogen-bond acceptors (Lipinski definition) is 7. The first-order valence-corrected chi connectivity index (χ1v) is 10.6. The molecule has 0 fully saturated rings. The van der Waals surface area contributed by atoms with Crippen molar-refractivity contribution < 1.29 is 45.5 Å². The second-order valence-corrected chi connectivity index (χ2v) is 8.58. The van der Waals surface area contributed by atoms with Gasteiger partial charge in [-0.3, -0.25) is 19.3 Å². The molecule has 3 amide bonds. The zero-order valence-electron chi connectivity index (χ0n) is 16.5. The third-order valence-corrected chi connectivity index (χ3v) is 5.24. The summed E-state index contributed by atoms with van der Waals surface area (Å²) in [5, 5.41) is 0. The number of fused-ring (bicyclic) bond motifs is 1. The van der Waals surface area contributed by atoms with E-state index < -0.39 is 45.6 Å². The topological polar surface area (TPSA) is 127 Å². The second kappa shape index (κ2) is 9.04. The van der Waals surface area contributed by atoms with E-state index in [1.54, 1.807) is 13.8 Å². The molecule has 0 unspecified atom stereocenters. The molecule has 1 aromatic rings. The molecule has 1 aliphatic heterocycles. The van der Waals surface area contributed by atoms with E-state index in [1.807, 2.05) is 0 Å². The first kappa shape index (κ1) is 24.3. The molecule has 0 atom stereocenters. The molecule has 0 radical (unpaired) electrons. The lowest BCUT2D eigenvalue weighted by Gasteiger charge is -2.13. The molecule has 1 N–H and O–H groups in total. The van der Waals surface area contributed by atoms with Crippen molar-refractivity contribution in [2.75, 3.05) is 6.54 Å². The van der Waals surface area contributed by atoms with Crippen LogP contribution in [0.15, 0.2) is 18.2 Å². The number of esters is 1. The number of alkyl halides is 3. The maximum absolute atomic E-state index is 12.5. The molecule has 0 aliphatic carbocycles. The van der Waals surface area contributed by atoms with E-state index in [2.05, 4.69) is 0 Å². The fourth-order valence-corrected chi connectivity index (χ4v) is 3.23. The van der Waals surface area contributed by atoms with Gasteiger partial charge in [0.25, 0.3) is 11.8 Å². The minimum atomic E-state index is -5.78. The highest BCUT2D eigenvalue weighted by molar-refractivity contribution is 7.90. The van der Waals surface area contributed by atoms with Gasteiger partial charge in [0.15, 0.2) is 0 Å². The van der Waals surface area contributed by atoms with Crippen molar-refractivity contribution >= 4 is 33.7 Å². The van der Waals surface area contributed by atoms with Gasteiger partial charge in [-0.05, 0) is 44.9 Å². The predicted octanol–water partition coefficient (Wildman–Crippen LogP) is 1.98. The number of hydrogen-bond donors (Lipinski definition) is 1. The number of halogens is 3. The average Bonchev–Trinajstić information content (AvgIpc) is 2.87. The number of unbranched alkanes of at least 4 members (excludes halogenated alkanes) is 1.